The molecule has 0 fully saturated rings. The standard InChI is InChI=1S/C13H14ClNO2/c1-9-4-3-5-10-11(8-16)13(14)15(12(9)10)6-7-17-2/h3-5,8H,6-7H2,1-2H3. The highest BCUT2D eigenvalue weighted by Crippen LogP contribution is 2.30. The number of aryl methyl sites for hydroxylation is 1. The predicted molar refractivity (Wildman–Crippen MR) is 68.9 cm³/mol. The second-order valence-electron chi connectivity index (χ2n) is 3.94. The number of rotatable bonds is 4. The van der Waals surface area contributed by atoms with E-state index in [1.165, 1.54) is 0 Å². The van der Waals surface area contributed by atoms with Crippen molar-refractivity contribution in [2.24, 2.45) is 0 Å². The number of halogens is 1. The Kier molecular flexibility index (Phi) is 3.50. The van der Waals surface area contributed by atoms with Crippen molar-refractivity contribution in [1.29, 1.82) is 0 Å². The van der Waals surface area contributed by atoms with Crippen LogP contribution in [0.5, 0.6) is 0 Å². The summed E-state index contributed by atoms with van der Waals surface area (Å²) in [4.78, 5) is 11.1. The van der Waals surface area contributed by atoms with Crippen LogP contribution in [0.1, 0.15) is 15.9 Å². The molecular weight excluding hydrogens is 238 g/mol. The Bertz CT molecular complexity index is 560. The Balaban J connectivity index is 2.71. The van der Waals surface area contributed by atoms with Gasteiger partial charge in [-0.25, -0.2) is 0 Å². The van der Waals surface area contributed by atoms with Gasteiger partial charge in [-0.3, -0.25) is 4.79 Å². The number of methoxy groups -OCH3 is 1. The molecule has 0 saturated heterocycles. The normalized spacial score (nSPS) is 11.0. The van der Waals surface area contributed by atoms with Crippen LogP contribution in [0, 0.1) is 6.92 Å². The van der Waals surface area contributed by atoms with Gasteiger partial charge in [-0.1, -0.05) is 29.8 Å². The van der Waals surface area contributed by atoms with Crippen molar-refractivity contribution < 1.29 is 9.53 Å². The highest BCUT2D eigenvalue weighted by atomic mass is 35.5. The van der Waals surface area contributed by atoms with E-state index in [4.69, 9.17) is 16.3 Å². The molecule has 2 aromatic rings. The molecule has 3 nitrogen and oxygen atoms in total. The number of aromatic nitrogens is 1. The minimum absolute atomic E-state index is 0.487. The van der Waals surface area contributed by atoms with Crippen molar-refractivity contribution in [3.63, 3.8) is 0 Å². The van der Waals surface area contributed by atoms with Crippen LogP contribution in [-0.2, 0) is 11.3 Å². The number of carbonyl (C=O) groups is 1. The maximum atomic E-state index is 11.1. The number of hydrogen-bond donors (Lipinski definition) is 0. The van der Waals surface area contributed by atoms with Gasteiger partial charge in [-0.05, 0) is 12.5 Å². The van der Waals surface area contributed by atoms with E-state index in [-0.39, 0.29) is 0 Å². The number of nitrogens with zero attached hydrogens (tertiary/aromatic N) is 1. The Hall–Kier alpha value is -1.32. The lowest BCUT2D eigenvalue weighted by Gasteiger charge is -2.07. The summed E-state index contributed by atoms with van der Waals surface area (Å²) in [7, 11) is 1.65. The molecule has 0 saturated carbocycles. The van der Waals surface area contributed by atoms with Gasteiger partial charge in [0.1, 0.15) is 5.15 Å². The maximum absolute atomic E-state index is 11.1. The number of benzene rings is 1. The molecule has 0 aliphatic heterocycles. The van der Waals surface area contributed by atoms with E-state index in [2.05, 4.69) is 0 Å². The first kappa shape index (κ1) is 12.1. The topological polar surface area (TPSA) is 31.2 Å². The van der Waals surface area contributed by atoms with Gasteiger partial charge in [-0.2, -0.15) is 0 Å². The fourth-order valence-corrected chi connectivity index (χ4v) is 2.41. The Morgan fingerprint density at radius 1 is 1.47 bits per heavy atom. The first-order valence-corrected chi connectivity index (χ1v) is 5.80. The monoisotopic (exact) mass is 251 g/mol. The van der Waals surface area contributed by atoms with E-state index in [1.807, 2.05) is 29.7 Å². The minimum atomic E-state index is 0.487. The van der Waals surface area contributed by atoms with E-state index in [0.717, 1.165) is 22.8 Å². The number of fused-ring (bicyclic) bond motifs is 1. The van der Waals surface area contributed by atoms with Crippen molar-refractivity contribution in [2.75, 3.05) is 13.7 Å². The molecule has 2 rings (SSSR count). The van der Waals surface area contributed by atoms with Crippen molar-refractivity contribution in [2.45, 2.75) is 13.5 Å². The third-order valence-corrected chi connectivity index (χ3v) is 3.30. The molecule has 0 aliphatic rings. The van der Waals surface area contributed by atoms with Crippen LogP contribution in [0.25, 0.3) is 10.9 Å². The van der Waals surface area contributed by atoms with Crippen molar-refractivity contribution in [3.8, 4) is 0 Å². The van der Waals surface area contributed by atoms with E-state index in [1.54, 1.807) is 7.11 Å². The smallest absolute Gasteiger partial charge is 0.153 e. The Morgan fingerprint density at radius 3 is 2.88 bits per heavy atom. The fourth-order valence-electron chi connectivity index (χ4n) is 2.09. The van der Waals surface area contributed by atoms with Crippen molar-refractivity contribution >= 4 is 28.8 Å². The van der Waals surface area contributed by atoms with Gasteiger partial charge in [0.05, 0.1) is 17.7 Å². The molecular formula is C13H14ClNO2. The largest absolute Gasteiger partial charge is 0.383 e. The molecule has 1 aromatic carbocycles. The number of para-hydroxylation sites is 1. The first-order chi connectivity index (χ1) is 8.20. The summed E-state index contributed by atoms with van der Waals surface area (Å²) in [5, 5.41) is 1.39. The van der Waals surface area contributed by atoms with E-state index in [0.29, 0.717) is 23.9 Å². The molecule has 0 N–H and O–H groups in total. The Morgan fingerprint density at radius 2 is 2.24 bits per heavy atom. The zero-order valence-corrected chi connectivity index (χ0v) is 10.6. The van der Waals surface area contributed by atoms with Crippen LogP contribution in [-0.4, -0.2) is 24.6 Å². The van der Waals surface area contributed by atoms with Gasteiger partial charge in [0.25, 0.3) is 0 Å². The number of ether oxygens (including phenoxy) is 1. The zero-order chi connectivity index (χ0) is 12.4. The Labute approximate surface area is 105 Å². The molecule has 17 heavy (non-hydrogen) atoms. The van der Waals surface area contributed by atoms with Gasteiger partial charge < -0.3 is 9.30 Å². The first-order valence-electron chi connectivity index (χ1n) is 5.42. The average Bonchev–Trinajstić information content (AvgIpc) is 2.60. The summed E-state index contributed by atoms with van der Waals surface area (Å²) < 4.78 is 6.99. The molecule has 0 amide bonds. The number of aldehydes is 1. The van der Waals surface area contributed by atoms with Crippen LogP contribution in [0.3, 0.4) is 0 Å². The molecule has 0 atom stereocenters. The summed E-state index contributed by atoms with van der Waals surface area (Å²) in [5.41, 5.74) is 2.67. The molecule has 0 aliphatic carbocycles. The quantitative estimate of drug-likeness (QED) is 0.782. The second kappa shape index (κ2) is 4.90. The van der Waals surface area contributed by atoms with Crippen molar-refractivity contribution in [3.05, 3.63) is 34.5 Å². The van der Waals surface area contributed by atoms with Crippen LogP contribution >= 0.6 is 11.6 Å². The van der Waals surface area contributed by atoms with Crippen LogP contribution in [0.4, 0.5) is 0 Å². The molecule has 0 radical (unpaired) electrons. The van der Waals surface area contributed by atoms with Gasteiger partial charge in [0.15, 0.2) is 6.29 Å². The highest BCUT2D eigenvalue weighted by Gasteiger charge is 2.15. The highest BCUT2D eigenvalue weighted by molar-refractivity contribution is 6.34. The molecule has 90 valence electrons. The summed E-state index contributed by atoms with van der Waals surface area (Å²) in [5.74, 6) is 0. The number of hydrogen-bond acceptors (Lipinski definition) is 2. The third-order valence-electron chi connectivity index (χ3n) is 2.89. The lowest BCUT2D eigenvalue weighted by atomic mass is 10.1. The summed E-state index contributed by atoms with van der Waals surface area (Å²) in [6, 6.07) is 5.86. The molecule has 1 aromatic heterocycles. The minimum Gasteiger partial charge on any atom is -0.383 e. The van der Waals surface area contributed by atoms with Gasteiger partial charge >= 0.3 is 0 Å². The number of carbonyl (C=O) groups excluding carboxylic acids is 1. The third kappa shape index (κ3) is 1.96. The van der Waals surface area contributed by atoms with E-state index in [9.17, 15) is 4.79 Å². The lowest BCUT2D eigenvalue weighted by molar-refractivity contribution is 0.112. The van der Waals surface area contributed by atoms with E-state index >= 15 is 0 Å². The summed E-state index contributed by atoms with van der Waals surface area (Å²) >= 11 is 6.24. The molecule has 0 bridgehead atoms. The van der Waals surface area contributed by atoms with Crippen LogP contribution < -0.4 is 0 Å². The molecule has 0 spiro atoms. The lowest BCUT2D eigenvalue weighted by Crippen LogP contribution is -2.04. The summed E-state index contributed by atoms with van der Waals surface area (Å²) in [6.45, 7) is 3.22. The van der Waals surface area contributed by atoms with Gasteiger partial charge in [0.2, 0.25) is 0 Å². The van der Waals surface area contributed by atoms with E-state index < -0.39 is 0 Å². The SMILES string of the molecule is COCCn1c(Cl)c(C=O)c2cccc(C)c21. The molecule has 1 heterocycles. The fraction of sp³-hybridized carbons (Fsp3) is 0.308. The zero-order valence-electron chi connectivity index (χ0n) is 9.87. The van der Waals surface area contributed by atoms with Gasteiger partial charge in [-0.15, -0.1) is 0 Å². The van der Waals surface area contributed by atoms with Crippen LogP contribution in [0.15, 0.2) is 18.2 Å². The summed E-state index contributed by atoms with van der Waals surface area (Å²) in [6.07, 6.45) is 0.813. The predicted octanol–water partition coefficient (Wildman–Crippen LogP) is 3.06. The molecule has 0 unspecified atom stereocenters. The molecule has 4 heteroatoms. The maximum Gasteiger partial charge on any atom is 0.153 e. The van der Waals surface area contributed by atoms with Crippen LogP contribution in [0.2, 0.25) is 5.15 Å². The van der Waals surface area contributed by atoms with Crippen molar-refractivity contribution in [1.82, 2.24) is 4.57 Å². The second-order valence-corrected chi connectivity index (χ2v) is 4.30. The average molecular weight is 252 g/mol. The van der Waals surface area contributed by atoms with Gasteiger partial charge in [0, 0.05) is 19.0 Å².